The van der Waals surface area contributed by atoms with E-state index in [4.69, 9.17) is 17.0 Å². The molecule has 3 aromatic carbocycles. The first kappa shape index (κ1) is 21.1. The first-order valence-electron chi connectivity index (χ1n) is 10.2. The van der Waals surface area contributed by atoms with Gasteiger partial charge >= 0.3 is 0 Å². The van der Waals surface area contributed by atoms with Crippen molar-refractivity contribution in [2.24, 2.45) is 0 Å². The van der Waals surface area contributed by atoms with Crippen molar-refractivity contribution in [3.63, 3.8) is 0 Å². The highest BCUT2D eigenvalue weighted by atomic mass is 32.9. The van der Waals surface area contributed by atoms with Gasteiger partial charge in [0, 0.05) is 16.7 Å². The number of nitrogens with zero attached hydrogens (tertiary/aromatic N) is 1. The van der Waals surface area contributed by atoms with Crippen LogP contribution in [0.15, 0.2) is 72.8 Å². The molecule has 6 heteroatoms. The molecule has 1 aliphatic rings. The summed E-state index contributed by atoms with van der Waals surface area (Å²) in [6.45, 7) is 4.16. The van der Waals surface area contributed by atoms with Crippen LogP contribution < -0.4 is 9.64 Å². The van der Waals surface area contributed by atoms with Crippen LogP contribution in [0.5, 0.6) is 5.75 Å². The molecule has 0 bridgehead atoms. The number of rotatable bonds is 3. The van der Waals surface area contributed by atoms with Crippen LogP contribution in [0.4, 0.5) is 5.69 Å². The number of carbonyl (C=O) groups excluding carboxylic acids is 1. The molecule has 4 aromatic rings. The molecule has 1 amide bonds. The Labute approximate surface area is 199 Å². The second-order valence-corrected chi connectivity index (χ2v) is 11.0. The lowest BCUT2D eigenvalue weighted by Gasteiger charge is -2.43. The van der Waals surface area contributed by atoms with E-state index in [0.717, 1.165) is 36.6 Å². The molecule has 0 unspecified atom stereocenters. The number of anilines is 1. The summed E-state index contributed by atoms with van der Waals surface area (Å²) in [5, 5.41) is 0. The van der Waals surface area contributed by atoms with Crippen molar-refractivity contribution in [3.05, 3.63) is 87.1 Å². The average molecular weight is 476 g/mol. The van der Waals surface area contributed by atoms with E-state index in [1.165, 1.54) is 0 Å². The molecule has 2 heterocycles. The molecule has 3 nitrogen and oxygen atoms in total. The number of methoxy groups -OCH3 is 1. The lowest BCUT2D eigenvalue weighted by Crippen LogP contribution is -2.48. The monoisotopic (exact) mass is 475 g/mol. The summed E-state index contributed by atoms with van der Waals surface area (Å²) < 4.78 is 6.56. The average Bonchev–Trinajstić information content (AvgIpc) is 3.22. The van der Waals surface area contributed by atoms with Crippen LogP contribution in [-0.2, 0) is 5.54 Å². The van der Waals surface area contributed by atoms with E-state index < -0.39 is 5.54 Å². The van der Waals surface area contributed by atoms with Crippen molar-refractivity contribution >= 4 is 44.5 Å². The van der Waals surface area contributed by atoms with Crippen molar-refractivity contribution in [1.82, 2.24) is 0 Å². The number of carbonyl (C=O) groups is 1. The molecule has 0 spiro atoms. The second-order valence-electron chi connectivity index (χ2n) is 8.16. The Morgan fingerprint density at radius 2 is 1.59 bits per heavy atom. The maximum Gasteiger partial charge on any atom is 0.259 e. The van der Waals surface area contributed by atoms with Gasteiger partial charge in [-0.1, -0.05) is 87.5 Å². The largest absolute Gasteiger partial charge is 0.495 e. The van der Waals surface area contributed by atoms with Crippen LogP contribution in [0.25, 0.3) is 22.3 Å². The van der Waals surface area contributed by atoms with Gasteiger partial charge in [0.1, 0.15) is 9.57 Å². The summed E-state index contributed by atoms with van der Waals surface area (Å²) in [5.74, 6) is 0.608. The molecule has 0 saturated carbocycles. The van der Waals surface area contributed by atoms with E-state index in [9.17, 15) is 4.79 Å². The van der Waals surface area contributed by atoms with Crippen LogP contribution in [0.1, 0.15) is 29.1 Å². The Morgan fingerprint density at radius 3 is 2.28 bits per heavy atom. The van der Waals surface area contributed by atoms with E-state index in [2.05, 4.69) is 26.0 Å². The summed E-state index contributed by atoms with van der Waals surface area (Å²) in [4.78, 5) is 17.0. The first-order valence-corrected chi connectivity index (χ1v) is 12.8. The minimum absolute atomic E-state index is 0.0599. The molecule has 0 atom stereocenters. The van der Waals surface area contributed by atoms with E-state index in [0.29, 0.717) is 11.3 Å². The molecular weight excluding hydrogens is 454 g/mol. The van der Waals surface area contributed by atoms with Crippen molar-refractivity contribution in [1.29, 1.82) is 0 Å². The maximum atomic E-state index is 14.0. The highest BCUT2D eigenvalue weighted by Gasteiger charge is 2.44. The standard InChI is InChI=1S/C26H21NO2S3/c1-26(2)23-21(25(30)32-31-23)19-10-7-11-20(29-3)22(19)27(26)24(28)18-14-12-17(13-15-18)16-8-5-4-6-9-16/h4-15H,1-3H3. The van der Waals surface area contributed by atoms with Gasteiger partial charge in [0.15, 0.2) is 0 Å². The zero-order chi connectivity index (χ0) is 22.5. The number of amides is 1. The number of fused-ring (bicyclic) bond motifs is 3. The number of hydrogen-bond acceptors (Lipinski definition) is 5. The number of benzene rings is 3. The van der Waals surface area contributed by atoms with Gasteiger partial charge in [0.05, 0.1) is 23.2 Å². The Hall–Kier alpha value is -2.80. The van der Waals surface area contributed by atoms with E-state index in [1.807, 2.05) is 65.6 Å². The smallest absolute Gasteiger partial charge is 0.259 e. The van der Waals surface area contributed by atoms with Crippen LogP contribution in [-0.4, -0.2) is 13.0 Å². The molecule has 5 rings (SSSR count). The normalized spacial score (nSPS) is 13.9. The van der Waals surface area contributed by atoms with Gasteiger partial charge in [-0.05, 0) is 43.2 Å². The summed E-state index contributed by atoms with van der Waals surface area (Å²) in [6.07, 6.45) is 0. The predicted molar refractivity (Wildman–Crippen MR) is 137 cm³/mol. The van der Waals surface area contributed by atoms with E-state index in [-0.39, 0.29) is 5.91 Å². The first-order chi connectivity index (χ1) is 15.4. The quantitative estimate of drug-likeness (QED) is 0.224. The molecule has 0 N–H and O–H groups in total. The molecule has 32 heavy (non-hydrogen) atoms. The topological polar surface area (TPSA) is 29.5 Å². The number of ether oxygens (including phenoxy) is 1. The molecule has 0 aliphatic carbocycles. The van der Waals surface area contributed by atoms with Gasteiger partial charge < -0.3 is 4.74 Å². The zero-order valence-electron chi connectivity index (χ0n) is 17.9. The van der Waals surface area contributed by atoms with Gasteiger partial charge in [0.2, 0.25) is 0 Å². The second kappa shape index (κ2) is 7.96. The third-order valence-corrected chi connectivity index (χ3v) is 9.23. The molecule has 0 radical (unpaired) electrons. The minimum Gasteiger partial charge on any atom is -0.495 e. The van der Waals surface area contributed by atoms with Gasteiger partial charge in [0.25, 0.3) is 5.91 Å². The van der Waals surface area contributed by atoms with Crippen molar-refractivity contribution in [3.8, 4) is 28.0 Å². The number of hydrogen-bond donors (Lipinski definition) is 0. The Kier molecular flexibility index (Phi) is 5.24. The van der Waals surface area contributed by atoms with Gasteiger partial charge in [-0.3, -0.25) is 9.69 Å². The molecule has 0 fully saturated rings. The highest BCUT2D eigenvalue weighted by molar-refractivity contribution is 7.80. The van der Waals surface area contributed by atoms with Gasteiger partial charge in [-0.2, -0.15) is 0 Å². The third kappa shape index (κ3) is 3.22. The lowest BCUT2D eigenvalue weighted by atomic mass is 9.86. The van der Waals surface area contributed by atoms with Crippen molar-refractivity contribution < 1.29 is 9.53 Å². The van der Waals surface area contributed by atoms with Gasteiger partial charge in [-0.15, -0.1) is 0 Å². The van der Waals surface area contributed by atoms with Crippen LogP contribution >= 0.6 is 32.9 Å². The Balaban J connectivity index is 1.65. The van der Waals surface area contributed by atoms with Crippen LogP contribution in [0.2, 0.25) is 0 Å². The highest BCUT2D eigenvalue weighted by Crippen LogP contribution is 2.55. The fourth-order valence-electron chi connectivity index (χ4n) is 4.32. The zero-order valence-corrected chi connectivity index (χ0v) is 20.4. The van der Waals surface area contributed by atoms with E-state index in [1.54, 1.807) is 27.8 Å². The fraction of sp³-hybridized carbons (Fsp3) is 0.154. The maximum absolute atomic E-state index is 14.0. The van der Waals surface area contributed by atoms with Crippen LogP contribution in [0, 0.1) is 3.82 Å². The minimum atomic E-state index is -0.565. The summed E-state index contributed by atoms with van der Waals surface area (Å²) in [7, 11) is 4.88. The third-order valence-electron chi connectivity index (χ3n) is 5.90. The van der Waals surface area contributed by atoms with Gasteiger partial charge in [-0.25, -0.2) is 0 Å². The molecule has 1 aromatic heterocycles. The fourth-order valence-corrected chi connectivity index (χ4v) is 7.60. The van der Waals surface area contributed by atoms with Crippen molar-refractivity contribution in [2.45, 2.75) is 19.4 Å². The number of para-hydroxylation sites is 1. The Bertz CT molecular complexity index is 1370. The molecular formula is C26H21NO2S3. The van der Waals surface area contributed by atoms with Crippen LogP contribution in [0.3, 0.4) is 0 Å². The summed E-state index contributed by atoms with van der Waals surface area (Å²) in [5.41, 5.74) is 5.06. The molecule has 160 valence electrons. The Morgan fingerprint density at radius 1 is 0.906 bits per heavy atom. The summed E-state index contributed by atoms with van der Waals surface area (Å²) >= 11 is 5.67. The molecule has 0 saturated heterocycles. The molecule has 1 aliphatic heterocycles. The SMILES string of the molecule is COc1cccc2c1N(C(=O)c1ccc(-c3ccccc3)cc1)C(C)(C)c1ssc(=S)c1-2. The lowest BCUT2D eigenvalue weighted by molar-refractivity contribution is 0.0960. The predicted octanol–water partition coefficient (Wildman–Crippen LogP) is 7.78. The summed E-state index contributed by atoms with van der Waals surface area (Å²) in [6, 6.07) is 23.9. The van der Waals surface area contributed by atoms with E-state index >= 15 is 0 Å². The van der Waals surface area contributed by atoms with Crippen molar-refractivity contribution in [2.75, 3.05) is 12.0 Å².